The highest BCUT2D eigenvalue weighted by Crippen LogP contribution is 2.34. The molecule has 1 atom stereocenters. The Morgan fingerprint density at radius 1 is 1.16 bits per heavy atom. The summed E-state index contributed by atoms with van der Waals surface area (Å²) < 4.78 is 5.85. The summed E-state index contributed by atoms with van der Waals surface area (Å²) in [6.45, 7) is 3.81. The van der Waals surface area contributed by atoms with Crippen LogP contribution in [0, 0.1) is 24.0 Å². The van der Waals surface area contributed by atoms with Crippen molar-refractivity contribution in [3.05, 3.63) is 85.5 Å². The minimum absolute atomic E-state index is 0.00661. The smallest absolute Gasteiger partial charge is 0.270 e. The molecule has 158 valence electrons. The van der Waals surface area contributed by atoms with Crippen LogP contribution < -0.4 is 10.6 Å². The van der Waals surface area contributed by atoms with Crippen molar-refractivity contribution in [1.29, 1.82) is 0 Å². The molecule has 2 heterocycles. The molecule has 0 bridgehead atoms. The molecule has 2 aromatic carbocycles. The highest BCUT2D eigenvalue weighted by Gasteiger charge is 2.28. The Balaban J connectivity index is 1.53. The van der Waals surface area contributed by atoms with Crippen LogP contribution in [0.5, 0.6) is 0 Å². The number of aryl methyl sites for hydroxylation is 2. The van der Waals surface area contributed by atoms with E-state index in [0.717, 1.165) is 16.8 Å². The standard InChI is InChI=1S/C22H18ClN3O4S/c1-12-4-6-15(26(28)29)10-17(12)19-8-7-16(30-19)11-20-21(27)25-22(31-20)24-18-9-14(23)5-3-13(18)2/h3-11,22,24H,1-2H3,(H,25,27)/b20-11-. The largest absolute Gasteiger partial charge is 0.457 e. The zero-order valence-corrected chi connectivity index (χ0v) is 18.2. The van der Waals surface area contributed by atoms with E-state index in [9.17, 15) is 14.9 Å². The summed E-state index contributed by atoms with van der Waals surface area (Å²) in [5.74, 6) is 0.769. The number of nitro benzene ring substituents is 1. The Kier molecular flexibility index (Phi) is 5.75. The van der Waals surface area contributed by atoms with Gasteiger partial charge in [-0.3, -0.25) is 14.9 Å². The summed E-state index contributed by atoms with van der Waals surface area (Å²) in [5, 5.41) is 17.8. The number of carbonyl (C=O) groups is 1. The molecule has 1 amide bonds. The predicted octanol–water partition coefficient (Wildman–Crippen LogP) is 5.72. The second-order valence-corrected chi connectivity index (χ2v) is 8.63. The Morgan fingerprint density at radius 3 is 2.71 bits per heavy atom. The molecule has 1 aliphatic rings. The summed E-state index contributed by atoms with van der Waals surface area (Å²) >= 11 is 7.40. The van der Waals surface area contributed by atoms with Crippen LogP contribution in [0.25, 0.3) is 17.4 Å². The molecule has 31 heavy (non-hydrogen) atoms. The number of rotatable bonds is 5. The molecule has 2 N–H and O–H groups in total. The van der Waals surface area contributed by atoms with Gasteiger partial charge in [0.1, 0.15) is 11.5 Å². The first-order valence-corrected chi connectivity index (χ1v) is 10.6. The van der Waals surface area contributed by atoms with Crippen LogP contribution in [-0.4, -0.2) is 16.3 Å². The van der Waals surface area contributed by atoms with Crippen molar-refractivity contribution < 1.29 is 14.1 Å². The molecule has 7 nitrogen and oxygen atoms in total. The second kappa shape index (κ2) is 8.49. The maximum Gasteiger partial charge on any atom is 0.270 e. The number of benzene rings is 2. The van der Waals surface area contributed by atoms with Crippen LogP contribution in [0.2, 0.25) is 5.02 Å². The van der Waals surface area contributed by atoms with Gasteiger partial charge in [0.15, 0.2) is 5.50 Å². The summed E-state index contributed by atoms with van der Waals surface area (Å²) in [7, 11) is 0. The van der Waals surface area contributed by atoms with Gasteiger partial charge >= 0.3 is 0 Å². The first-order chi connectivity index (χ1) is 14.8. The zero-order valence-electron chi connectivity index (χ0n) is 16.6. The molecule has 0 saturated carbocycles. The van der Waals surface area contributed by atoms with Crippen LogP contribution in [0.4, 0.5) is 11.4 Å². The fourth-order valence-corrected chi connectivity index (χ4v) is 4.28. The summed E-state index contributed by atoms with van der Waals surface area (Å²) in [6.07, 6.45) is 1.66. The lowest BCUT2D eigenvalue weighted by molar-refractivity contribution is -0.384. The number of furan rings is 1. The van der Waals surface area contributed by atoms with Crippen LogP contribution >= 0.6 is 23.4 Å². The number of hydrogen-bond donors (Lipinski definition) is 2. The lowest BCUT2D eigenvalue weighted by Gasteiger charge is -2.15. The molecular formula is C22H18ClN3O4S. The molecule has 9 heteroatoms. The maximum absolute atomic E-state index is 12.4. The minimum Gasteiger partial charge on any atom is -0.457 e. The Hall–Kier alpha value is -3.23. The molecular weight excluding hydrogens is 438 g/mol. The number of anilines is 1. The average Bonchev–Trinajstić information content (AvgIpc) is 3.32. The van der Waals surface area contributed by atoms with E-state index in [0.29, 0.717) is 27.0 Å². The van der Waals surface area contributed by atoms with Crippen molar-refractivity contribution in [2.75, 3.05) is 5.32 Å². The van der Waals surface area contributed by atoms with E-state index < -0.39 is 4.92 Å². The van der Waals surface area contributed by atoms with E-state index in [2.05, 4.69) is 10.6 Å². The number of carbonyl (C=O) groups excluding carboxylic acids is 1. The van der Waals surface area contributed by atoms with Gasteiger partial charge in [0, 0.05) is 34.5 Å². The SMILES string of the molecule is Cc1ccc(Cl)cc1NC1NC(=O)/C(=C/c2ccc(-c3cc([N+](=O)[O-])ccc3C)o2)S1. The Bertz CT molecular complexity index is 1220. The molecule has 1 unspecified atom stereocenters. The van der Waals surface area contributed by atoms with Gasteiger partial charge in [-0.2, -0.15) is 0 Å². The van der Waals surface area contributed by atoms with Crippen LogP contribution in [0.3, 0.4) is 0 Å². The maximum atomic E-state index is 12.4. The van der Waals surface area contributed by atoms with Crippen molar-refractivity contribution >= 4 is 46.7 Å². The molecule has 0 spiro atoms. The molecule has 1 fully saturated rings. The monoisotopic (exact) mass is 455 g/mol. The van der Waals surface area contributed by atoms with Gasteiger partial charge in [0.2, 0.25) is 0 Å². The number of hydrogen-bond acceptors (Lipinski definition) is 6. The molecule has 0 radical (unpaired) electrons. The fraction of sp³-hybridized carbons (Fsp3) is 0.136. The van der Waals surface area contributed by atoms with Crippen molar-refractivity contribution in [3.63, 3.8) is 0 Å². The Labute approximate surface area is 187 Å². The van der Waals surface area contributed by atoms with Crippen molar-refractivity contribution in [2.45, 2.75) is 19.3 Å². The van der Waals surface area contributed by atoms with E-state index in [1.54, 1.807) is 24.3 Å². The number of amides is 1. The van der Waals surface area contributed by atoms with E-state index in [-0.39, 0.29) is 17.1 Å². The van der Waals surface area contributed by atoms with Gasteiger partial charge in [-0.25, -0.2) is 0 Å². The number of nitrogens with zero attached hydrogens (tertiary/aromatic N) is 1. The minimum atomic E-state index is -0.441. The van der Waals surface area contributed by atoms with Gasteiger partial charge < -0.3 is 15.1 Å². The number of thioether (sulfide) groups is 1. The summed E-state index contributed by atoms with van der Waals surface area (Å²) in [4.78, 5) is 23.5. The van der Waals surface area contributed by atoms with E-state index >= 15 is 0 Å². The first-order valence-electron chi connectivity index (χ1n) is 9.37. The average molecular weight is 456 g/mol. The normalized spacial score (nSPS) is 17.1. The summed E-state index contributed by atoms with van der Waals surface area (Å²) in [6, 6.07) is 13.6. The molecule has 0 aliphatic carbocycles. The van der Waals surface area contributed by atoms with Crippen molar-refractivity contribution in [3.8, 4) is 11.3 Å². The first kappa shape index (κ1) is 21.0. The lowest BCUT2D eigenvalue weighted by atomic mass is 10.1. The molecule has 1 saturated heterocycles. The van der Waals surface area contributed by atoms with Gasteiger partial charge in [-0.05, 0) is 49.2 Å². The number of nitro groups is 1. The van der Waals surface area contributed by atoms with E-state index in [1.807, 2.05) is 32.0 Å². The molecule has 1 aromatic heterocycles. The van der Waals surface area contributed by atoms with E-state index in [4.69, 9.17) is 16.0 Å². The number of non-ortho nitro benzene ring substituents is 1. The Morgan fingerprint density at radius 2 is 1.94 bits per heavy atom. The zero-order chi connectivity index (χ0) is 22.1. The summed E-state index contributed by atoms with van der Waals surface area (Å²) in [5.41, 5.74) is 3.00. The quantitative estimate of drug-likeness (QED) is 0.290. The van der Waals surface area contributed by atoms with Crippen molar-refractivity contribution in [1.82, 2.24) is 5.32 Å². The highest BCUT2D eigenvalue weighted by atomic mass is 35.5. The third-order valence-corrected chi connectivity index (χ3v) is 6.08. The van der Waals surface area contributed by atoms with Crippen molar-refractivity contribution in [2.24, 2.45) is 0 Å². The van der Waals surface area contributed by atoms with Gasteiger partial charge in [0.25, 0.3) is 11.6 Å². The van der Waals surface area contributed by atoms with Crippen LogP contribution in [-0.2, 0) is 4.79 Å². The van der Waals surface area contributed by atoms with Gasteiger partial charge in [-0.1, -0.05) is 35.5 Å². The van der Waals surface area contributed by atoms with Gasteiger partial charge in [-0.15, -0.1) is 0 Å². The third-order valence-electron chi connectivity index (χ3n) is 4.81. The fourth-order valence-electron chi connectivity index (χ4n) is 3.15. The van der Waals surface area contributed by atoms with Gasteiger partial charge in [0.05, 0.1) is 9.83 Å². The lowest BCUT2D eigenvalue weighted by Crippen LogP contribution is -2.31. The molecule has 3 aromatic rings. The number of nitrogens with one attached hydrogen (secondary N) is 2. The predicted molar refractivity (Wildman–Crippen MR) is 123 cm³/mol. The molecule has 1 aliphatic heterocycles. The van der Waals surface area contributed by atoms with Crippen LogP contribution in [0.1, 0.15) is 16.9 Å². The van der Waals surface area contributed by atoms with Crippen LogP contribution in [0.15, 0.2) is 57.9 Å². The topological polar surface area (TPSA) is 97.4 Å². The third kappa shape index (κ3) is 4.60. The number of halogens is 1. The van der Waals surface area contributed by atoms with E-state index in [1.165, 1.54) is 23.9 Å². The molecule has 4 rings (SSSR count). The second-order valence-electron chi connectivity index (χ2n) is 7.04. The highest BCUT2D eigenvalue weighted by molar-refractivity contribution is 8.05.